The maximum absolute atomic E-state index is 10.8. The van der Waals surface area contributed by atoms with Crippen molar-refractivity contribution in [2.45, 2.75) is 84.0 Å². The van der Waals surface area contributed by atoms with Gasteiger partial charge in [0, 0.05) is 35.1 Å². The molecule has 0 amide bonds. The number of hydrogen-bond acceptors (Lipinski definition) is 4. The average molecular weight is 433 g/mol. The first-order valence-electron chi connectivity index (χ1n) is 12.0. The second-order valence-corrected chi connectivity index (χ2v) is 8.75. The number of unbranched alkanes of at least 4 members (excludes halogenated alkanes) is 3. The second kappa shape index (κ2) is 11.2. The molecule has 0 radical (unpaired) electrons. The van der Waals surface area contributed by atoms with Crippen molar-refractivity contribution in [3.8, 4) is 17.6 Å². The Hall–Kier alpha value is -2.80. The number of aryl methyl sites for hydroxylation is 1. The zero-order chi connectivity index (χ0) is 23.0. The van der Waals surface area contributed by atoms with Gasteiger partial charge in [-0.05, 0) is 67.4 Å². The number of carbonyl (C=O) groups excluding carboxylic acids is 1. The Balaban J connectivity index is 1.95. The summed E-state index contributed by atoms with van der Waals surface area (Å²) in [5.74, 6) is 6.48. The summed E-state index contributed by atoms with van der Waals surface area (Å²) in [5, 5.41) is 10.8. The Morgan fingerprint density at radius 3 is 2.59 bits per heavy atom. The van der Waals surface area contributed by atoms with Crippen molar-refractivity contribution < 1.29 is 14.6 Å². The SMILES string of the molecule is CCCCCCc1cc2c(cc1C#Cc1ccc(CC(=O)[O-])cn1)C(CC)(CC)CCO2. The molecule has 32 heavy (non-hydrogen) atoms. The van der Waals surface area contributed by atoms with Gasteiger partial charge < -0.3 is 14.6 Å². The fourth-order valence-corrected chi connectivity index (χ4v) is 4.60. The van der Waals surface area contributed by atoms with Crippen LogP contribution >= 0.6 is 0 Å². The summed E-state index contributed by atoms with van der Waals surface area (Å²) in [4.78, 5) is 15.1. The maximum atomic E-state index is 10.8. The molecule has 1 aromatic heterocycles. The van der Waals surface area contributed by atoms with Crippen LogP contribution in [-0.2, 0) is 23.1 Å². The molecule has 170 valence electrons. The van der Waals surface area contributed by atoms with Crippen molar-refractivity contribution in [2.75, 3.05) is 6.61 Å². The maximum Gasteiger partial charge on any atom is 0.123 e. The minimum atomic E-state index is -1.11. The lowest BCUT2D eigenvalue weighted by molar-refractivity contribution is -0.304. The van der Waals surface area contributed by atoms with E-state index >= 15 is 0 Å². The van der Waals surface area contributed by atoms with E-state index in [1.807, 2.05) is 0 Å². The highest BCUT2D eigenvalue weighted by molar-refractivity contribution is 5.67. The summed E-state index contributed by atoms with van der Waals surface area (Å²) in [7, 11) is 0. The fourth-order valence-electron chi connectivity index (χ4n) is 4.60. The standard InChI is InChI=1S/C28H35NO3/c1-4-7-8-9-10-22-19-26-25(28(5-2,6-3)15-16-32-26)18-23(22)12-14-24-13-11-21(20-29-24)17-27(30)31/h11,13,18-20H,4-10,15-17H2,1-3H3,(H,30,31)/p-1. The van der Waals surface area contributed by atoms with Crippen molar-refractivity contribution in [1.82, 2.24) is 4.98 Å². The molecule has 0 N–H and O–H groups in total. The molecule has 4 heteroatoms. The van der Waals surface area contributed by atoms with Crippen LogP contribution in [0, 0.1) is 11.8 Å². The number of nitrogens with zero attached hydrogens (tertiary/aromatic N) is 1. The monoisotopic (exact) mass is 432 g/mol. The third kappa shape index (κ3) is 5.71. The van der Waals surface area contributed by atoms with Crippen LogP contribution in [0.25, 0.3) is 0 Å². The van der Waals surface area contributed by atoms with E-state index in [4.69, 9.17) is 4.74 Å². The minimum absolute atomic E-state index is 0.135. The smallest absolute Gasteiger partial charge is 0.123 e. The topological polar surface area (TPSA) is 62.2 Å². The van der Waals surface area contributed by atoms with Crippen LogP contribution in [0.4, 0.5) is 0 Å². The molecule has 4 nitrogen and oxygen atoms in total. The van der Waals surface area contributed by atoms with Gasteiger partial charge >= 0.3 is 0 Å². The average Bonchev–Trinajstić information content (AvgIpc) is 2.80. The quantitative estimate of drug-likeness (QED) is 0.424. The van der Waals surface area contributed by atoms with E-state index in [0.717, 1.165) is 50.0 Å². The van der Waals surface area contributed by atoms with Crippen molar-refractivity contribution in [3.63, 3.8) is 0 Å². The van der Waals surface area contributed by atoms with Gasteiger partial charge in [-0.15, -0.1) is 0 Å². The lowest BCUT2D eigenvalue weighted by Crippen LogP contribution is -2.32. The van der Waals surface area contributed by atoms with Crippen LogP contribution in [0.15, 0.2) is 30.5 Å². The predicted octanol–water partition coefficient (Wildman–Crippen LogP) is 4.74. The Morgan fingerprint density at radius 1 is 1.12 bits per heavy atom. The van der Waals surface area contributed by atoms with Crippen LogP contribution < -0.4 is 9.84 Å². The van der Waals surface area contributed by atoms with Crippen molar-refractivity contribution in [3.05, 3.63) is 58.4 Å². The normalized spacial score (nSPS) is 14.1. The van der Waals surface area contributed by atoms with E-state index in [-0.39, 0.29) is 11.8 Å². The lowest BCUT2D eigenvalue weighted by Gasteiger charge is -2.38. The first-order valence-corrected chi connectivity index (χ1v) is 12.0. The lowest BCUT2D eigenvalue weighted by atomic mass is 9.71. The predicted molar refractivity (Wildman–Crippen MR) is 126 cm³/mol. The summed E-state index contributed by atoms with van der Waals surface area (Å²) >= 11 is 0. The molecule has 3 rings (SSSR count). The largest absolute Gasteiger partial charge is 0.550 e. The molecule has 1 aliphatic heterocycles. The van der Waals surface area contributed by atoms with Crippen LogP contribution in [-0.4, -0.2) is 17.6 Å². The Labute approximate surface area is 192 Å². The zero-order valence-electron chi connectivity index (χ0n) is 19.6. The number of fused-ring (bicyclic) bond motifs is 1. The number of carboxylic acid groups (broad SMARTS) is 1. The van der Waals surface area contributed by atoms with Gasteiger partial charge in [0.25, 0.3) is 0 Å². The zero-order valence-corrected chi connectivity index (χ0v) is 19.6. The molecular formula is C28H34NO3-. The van der Waals surface area contributed by atoms with E-state index in [1.54, 1.807) is 18.3 Å². The molecule has 0 bridgehead atoms. The van der Waals surface area contributed by atoms with Crippen LogP contribution in [0.1, 0.15) is 93.7 Å². The second-order valence-electron chi connectivity index (χ2n) is 8.75. The number of pyridine rings is 1. The fraction of sp³-hybridized carbons (Fsp3) is 0.500. The molecule has 0 saturated carbocycles. The Bertz CT molecular complexity index is 978. The van der Waals surface area contributed by atoms with E-state index in [0.29, 0.717) is 11.3 Å². The molecule has 0 unspecified atom stereocenters. The van der Waals surface area contributed by atoms with Crippen LogP contribution in [0.3, 0.4) is 0 Å². The van der Waals surface area contributed by atoms with Gasteiger partial charge in [-0.3, -0.25) is 0 Å². The van der Waals surface area contributed by atoms with E-state index in [9.17, 15) is 9.90 Å². The number of rotatable bonds is 9. The van der Waals surface area contributed by atoms with Gasteiger partial charge in [-0.1, -0.05) is 52.0 Å². The molecule has 0 atom stereocenters. The highest BCUT2D eigenvalue weighted by atomic mass is 16.5. The summed E-state index contributed by atoms with van der Waals surface area (Å²) in [5.41, 5.74) is 4.98. The summed E-state index contributed by atoms with van der Waals surface area (Å²) in [6.45, 7) is 7.53. The van der Waals surface area contributed by atoms with Gasteiger partial charge in [0.1, 0.15) is 11.4 Å². The number of ether oxygens (including phenoxy) is 1. The highest BCUT2D eigenvalue weighted by Crippen LogP contribution is 2.44. The first kappa shape index (κ1) is 23.9. The number of carboxylic acids is 1. The number of benzene rings is 1. The highest BCUT2D eigenvalue weighted by Gasteiger charge is 2.35. The summed E-state index contributed by atoms with van der Waals surface area (Å²) in [6.07, 6.45) is 10.5. The Kier molecular flexibility index (Phi) is 8.33. The van der Waals surface area contributed by atoms with E-state index in [2.05, 4.69) is 49.7 Å². The van der Waals surface area contributed by atoms with Gasteiger partial charge in [0.05, 0.1) is 6.61 Å². The number of aliphatic carboxylic acids is 1. The molecule has 2 heterocycles. The molecule has 0 saturated heterocycles. The molecule has 0 fully saturated rings. The van der Waals surface area contributed by atoms with Crippen molar-refractivity contribution >= 4 is 5.97 Å². The minimum Gasteiger partial charge on any atom is -0.550 e. The molecule has 1 aromatic carbocycles. The number of aromatic nitrogens is 1. The summed E-state index contributed by atoms with van der Waals surface area (Å²) in [6, 6.07) is 8.00. The summed E-state index contributed by atoms with van der Waals surface area (Å²) < 4.78 is 6.10. The molecule has 0 aliphatic carbocycles. The van der Waals surface area contributed by atoms with Gasteiger partial charge in [0.15, 0.2) is 0 Å². The van der Waals surface area contributed by atoms with E-state index in [1.165, 1.54) is 30.4 Å². The van der Waals surface area contributed by atoms with Crippen molar-refractivity contribution in [1.29, 1.82) is 0 Å². The van der Waals surface area contributed by atoms with Gasteiger partial charge in [-0.25, -0.2) is 4.98 Å². The number of hydrogen-bond donors (Lipinski definition) is 0. The molecule has 0 spiro atoms. The van der Waals surface area contributed by atoms with Gasteiger partial charge in [0.2, 0.25) is 0 Å². The van der Waals surface area contributed by atoms with Crippen LogP contribution in [0.2, 0.25) is 0 Å². The third-order valence-electron chi connectivity index (χ3n) is 6.77. The molecular weight excluding hydrogens is 398 g/mol. The van der Waals surface area contributed by atoms with E-state index < -0.39 is 5.97 Å². The van der Waals surface area contributed by atoms with Gasteiger partial charge in [-0.2, -0.15) is 0 Å². The Morgan fingerprint density at radius 2 is 1.94 bits per heavy atom. The first-order chi connectivity index (χ1) is 15.5. The third-order valence-corrected chi connectivity index (χ3v) is 6.77. The molecule has 2 aromatic rings. The van der Waals surface area contributed by atoms with Crippen LogP contribution in [0.5, 0.6) is 5.75 Å². The number of carbonyl (C=O) groups is 1. The van der Waals surface area contributed by atoms with Crippen molar-refractivity contribution in [2.24, 2.45) is 0 Å². The molecule has 1 aliphatic rings.